The molecule has 0 aliphatic carbocycles. The summed E-state index contributed by atoms with van der Waals surface area (Å²) in [5, 5.41) is 4.79. The van der Waals surface area contributed by atoms with Crippen LogP contribution in [0.4, 0.5) is 18.9 Å². The van der Waals surface area contributed by atoms with Crippen LogP contribution in [-0.2, 0) is 12.7 Å². The largest absolute Gasteiger partial charge is 0.416 e. The average Bonchev–Trinajstić information content (AvgIpc) is 3.23. The first-order valence-electron chi connectivity index (χ1n) is 8.61. The fourth-order valence-corrected chi connectivity index (χ4v) is 4.77. The number of nitrogens with zero attached hydrogens (tertiary/aromatic N) is 1. The maximum absolute atomic E-state index is 12.9. The van der Waals surface area contributed by atoms with Crippen LogP contribution in [0.3, 0.4) is 0 Å². The van der Waals surface area contributed by atoms with E-state index in [2.05, 4.69) is 21.2 Å². The second-order valence-electron chi connectivity index (χ2n) is 6.43. The molecule has 2 aromatic heterocycles. The molecule has 0 saturated heterocycles. The van der Waals surface area contributed by atoms with Crippen LogP contribution in [-0.4, -0.2) is 10.5 Å². The van der Waals surface area contributed by atoms with Crippen molar-refractivity contribution in [1.29, 1.82) is 0 Å². The maximum Gasteiger partial charge on any atom is 0.416 e. The van der Waals surface area contributed by atoms with E-state index in [-0.39, 0.29) is 12.5 Å². The average molecular weight is 479 g/mol. The highest BCUT2D eigenvalue weighted by atomic mass is 79.9. The minimum atomic E-state index is -4.38. The minimum absolute atomic E-state index is 0.272. The Hall–Kier alpha value is -2.58. The minimum Gasteiger partial charge on any atom is -0.330 e. The van der Waals surface area contributed by atoms with Crippen molar-refractivity contribution in [2.24, 2.45) is 0 Å². The smallest absolute Gasteiger partial charge is 0.330 e. The van der Waals surface area contributed by atoms with Gasteiger partial charge in [0.05, 0.1) is 20.3 Å². The lowest BCUT2D eigenvalue weighted by Crippen LogP contribution is -2.17. The molecule has 148 valence electrons. The van der Waals surface area contributed by atoms with Gasteiger partial charge in [-0.15, -0.1) is 11.3 Å². The van der Waals surface area contributed by atoms with Crippen LogP contribution in [0.5, 0.6) is 0 Å². The molecule has 1 amide bonds. The van der Waals surface area contributed by atoms with Crippen molar-refractivity contribution < 1.29 is 18.0 Å². The van der Waals surface area contributed by atoms with Crippen molar-refractivity contribution in [3.63, 3.8) is 0 Å². The predicted molar refractivity (Wildman–Crippen MR) is 112 cm³/mol. The number of halogens is 4. The van der Waals surface area contributed by atoms with Crippen molar-refractivity contribution in [2.75, 3.05) is 5.32 Å². The molecule has 0 fully saturated rings. The van der Waals surface area contributed by atoms with Gasteiger partial charge >= 0.3 is 6.18 Å². The summed E-state index contributed by atoms with van der Waals surface area (Å²) in [6.45, 7) is 0.272. The molecule has 4 aromatic rings. The summed E-state index contributed by atoms with van der Waals surface area (Å²) in [5.41, 5.74) is 1.92. The summed E-state index contributed by atoms with van der Waals surface area (Å²) in [4.78, 5) is 12.9. The molecule has 8 heteroatoms. The third-order valence-corrected chi connectivity index (χ3v) is 6.29. The summed E-state index contributed by atoms with van der Waals surface area (Å²) in [6.07, 6.45) is -4.38. The van der Waals surface area contributed by atoms with E-state index in [1.165, 1.54) is 23.5 Å². The highest BCUT2D eigenvalue weighted by Crippen LogP contribution is 2.34. The Balaban J connectivity index is 1.70. The van der Waals surface area contributed by atoms with Crippen LogP contribution in [0.25, 0.3) is 10.2 Å². The fraction of sp³-hybridized carbons (Fsp3) is 0.0952. The molecule has 0 aliphatic rings. The number of thiophene rings is 1. The van der Waals surface area contributed by atoms with Gasteiger partial charge in [0.25, 0.3) is 5.91 Å². The van der Waals surface area contributed by atoms with E-state index in [1.807, 2.05) is 28.1 Å². The van der Waals surface area contributed by atoms with Crippen molar-refractivity contribution in [3.8, 4) is 0 Å². The Kier molecular flexibility index (Phi) is 5.23. The number of rotatable bonds is 4. The molecule has 3 nitrogen and oxygen atoms in total. The molecule has 0 unspecified atom stereocenters. The van der Waals surface area contributed by atoms with E-state index in [1.54, 1.807) is 18.2 Å². The summed E-state index contributed by atoms with van der Waals surface area (Å²) >= 11 is 5.00. The van der Waals surface area contributed by atoms with Gasteiger partial charge in [0.15, 0.2) is 0 Å². The molecule has 2 aromatic carbocycles. The van der Waals surface area contributed by atoms with Crippen molar-refractivity contribution in [2.45, 2.75) is 12.7 Å². The van der Waals surface area contributed by atoms with E-state index in [9.17, 15) is 18.0 Å². The first kappa shape index (κ1) is 19.7. The number of benzene rings is 2. The molecule has 0 bridgehead atoms. The first-order chi connectivity index (χ1) is 13.8. The van der Waals surface area contributed by atoms with Gasteiger partial charge in [-0.1, -0.05) is 30.3 Å². The van der Waals surface area contributed by atoms with Gasteiger partial charge in [-0.05, 0) is 51.8 Å². The van der Waals surface area contributed by atoms with Crippen LogP contribution in [0.2, 0.25) is 0 Å². The Morgan fingerprint density at radius 1 is 1.07 bits per heavy atom. The van der Waals surface area contributed by atoms with Gasteiger partial charge in [0, 0.05) is 17.6 Å². The number of carbonyl (C=O) groups is 1. The Morgan fingerprint density at radius 2 is 1.76 bits per heavy atom. The number of aromatic nitrogens is 1. The molecular formula is C21H14BrF3N2OS. The zero-order valence-electron chi connectivity index (χ0n) is 14.8. The number of alkyl halides is 3. The Morgan fingerprint density at radius 3 is 2.41 bits per heavy atom. The lowest BCUT2D eigenvalue weighted by molar-refractivity contribution is -0.137. The van der Waals surface area contributed by atoms with Crippen LogP contribution in [0.15, 0.2) is 70.5 Å². The maximum atomic E-state index is 12.9. The van der Waals surface area contributed by atoms with Crippen LogP contribution in [0, 0.1) is 0 Å². The number of para-hydroxylation sites is 1. The summed E-state index contributed by atoms with van der Waals surface area (Å²) in [7, 11) is 0. The van der Waals surface area contributed by atoms with Crippen LogP contribution in [0.1, 0.15) is 21.6 Å². The van der Waals surface area contributed by atoms with Gasteiger partial charge in [0.1, 0.15) is 5.69 Å². The summed E-state index contributed by atoms with van der Waals surface area (Å²) < 4.78 is 42.1. The molecule has 0 aliphatic heterocycles. The molecule has 2 heterocycles. The highest BCUT2D eigenvalue weighted by molar-refractivity contribution is 9.10. The van der Waals surface area contributed by atoms with Crippen LogP contribution < -0.4 is 5.32 Å². The van der Waals surface area contributed by atoms with E-state index in [0.29, 0.717) is 16.9 Å². The molecule has 0 atom stereocenters. The molecule has 0 spiro atoms. The SMILES string of the molecule is O=C(Nc1ccccc1)c1cc2scc(Br)c2n1Cc1ccc(C(F)(F)F)cc1. The highest BCUT2D eigenvalue weighted by Gasteiger charge is 2.30. The number of hydrogen-bond donors (Lipinski definition) is 1. The topological polar surface area (TPSA) is 34.0 Å². The van der Waals surface area contributed by atoms with Crippen molar-refractivity contribution >= 4 is 49.1 Å². The number of hydrogen-bond acceptors (Lipinski definition) is 2. The molecule has 4 rings (SSSR count). The van der Waals surface area contributed by atoms with Gasteiger partial charge in [-0.3, -0.25) is 4.79 Å². The summed E-state index contributed by atoms with van der Waals surface area (Å²) in [6, 6.07) is 15.9. The quantitative estimate of drug-likeness (QED) is 0.344. The van der Waals surface area contributed by atoms with E-state index < -0.39 is 11.7 Å². The predicted octanol–water partition coefficient (Wildman–Crippen LogP) is 6.78. The lowest BCUT2D eigenvalue weighted by atomic mass is 10.1. The van der Waals surface area contributed by atoms with E-state index in [4.69, 9.17) is 0 Å². The van der Waals surface area contributed by atoms with Gasteiger partial charge in [-0.25, -0.2) is 0 Å². The molecule has 1 N–H and O–H groups in total. The normalized spacial score (nSPS) is 11.7. The second-order valence-corrected chi connectivity index (χ2v) is 8.19. The standard InChI is InChI=1S/C21H14BrF3N2OS/c22-16-12-29-18-10-17(20(28)26-15-4-2-1-3-5-15)27(19(16)18)11-13-6-8-14(9-7-13)21(23,24)25/h1-10,12H,11H2,(H,26,28). The van der Waals surface area contributed by atoms with Crippen molar-refractivity contribution in [3.05, 3.63) is 87.3 Å². The Labute approximate surface area is 176 Å². The Bertz CT molecular complexity index is 1160. The number of fused-ring (bicyclic) bond motifs is 1. The van der Waals surface area contributed by atoms with Crippen LogP contribution >= 0.6 is 27.3 Å². The van der Waals surface area contributed by atoms with Crippen molar-refractivity contribution in [1.82, 2.24) is 4.57 Å². The molecule has 0 saturated carbocycles. The van der Waals surface area contributed by atoms with Gasteiger partial charge in [-0.2, -0.15) is 13.2 Å². The monoisotopic (exact) mass is 478 g/mol. The zero-order valence-corrected chi connectivity index (χ0v) is 17.2. The number of amides is 1. The number of anilines is 1. The lowest BCUT2D eigenvalue weighted by Gasteiger charge is -2.13. The molecule has 0 radical (unpaired) electrons. The van der Waals surface area contributed by atoms with Gasteiger partial charge in [0.2, 0.25) is 0 Å². The third-order valence-electron chi connectivity index (χ3n) is 4.46. The zero-order chi connectivity index (χ0) is 20.6. The van der Waals surface area contributed by atoms with E-state index in [0.717, 1.165) is 26.8 Å². The summed E-state index contributed by atoms with van der Waals surface area (Å²) in [5.74, 6) is -0.279. The van der Waals surface area contributed by atoms with Gasteiger partial charge < -0.3 is 9.88 Å². The first-order valence-corrected chi connectivity index (χ1v) is 10.3. The number of carbonyl (C=O) groups excluding carboxylic acids is 1. The second kappa shape index (κ2) is 7.68. The fourth-order valence-electron chi connectivity index (χ4n) is 3.08. The molecular weight excluding hydrogens is 465 g/mol. The molecule has 29 heavy (non-hydrogen) atoms. The number of nitrogens with one attached hydrogen (secondary N) is 1. The van der Waals surface area contributed by atoms with E-state index >= 15 is 0 Å². The third kappa shape index (κ3) is 4.09.